The second kappa shape index (κ2) is 6.83. The lowest BCUT2D eigenvalue weighted by atomic mass is 10.0. The zero-order valence-electron chi connectivity index (χ0n) is 11.3. The van der Waals surface area contributed by atoms with Crippen molar-refractivity contribution in [2.24, 2.45) is 5.92 Å². The van der Waals surface area contributed by atoms with Gasteiger partial charge in [0, 0.05) is 16.4 Å². The Kier molecular flexibility index (Phi) is 4.86. The van der Waals surface area contributed by atoms with Crippen molar-refractivity contribution >= 4 is 39.0 Å². The molecule has 2 rings (SSSR count). The van der Waals surface area contributed by atoms with Gasteiger partial charge in [-0.15, -0.1) is 0 Å². The molecule has 0 spiro atoms. The van der Waals surface area contributed by atoms with Gasteiger partial charge in [-0.25, -0.2) is 4.98 Å². The molecule has 0 aliphatic heterocycles. The number of rotatable bonds is 4. The minimum absolute atomic E-state index is 0.0991. The molecule has 1 unspecified atom stereocenters. The number of ketones is 1. The maximum Gasteiger partial charge on any atom is 0.249 e. The summed E-state index contributed by atoms with van der Waals surface area (Å²) in [5.41, 5.74) is 6.22. The monoisotopic (exact) mass is 358 g/mol. The predicted octanol–water partition coefficient (Wildman–Crippen LogP) is 2.39. The number of hydrogen-bond acceptors (Lipinski definition) is 5. The van der Waals surface area contributed by atoms with Gasteiger partial charge in [0.15, 0.2) is 5.92 Å². The molecule has 110 valence electrons. The molecule has 1 atom stereocenters. The second-order valence-electron chi connectivity index (χ2n) is 4.37. The smallest absolute Gasteiger partial charge is 0.249 e. The van der Waals surface area contributed by atoms with E-state index in [0.29, 0.717) is 10.2 Å². The van der Waals surface area contributed by atoms with Crippen LogP contribution in [0.25, 0.3) is 0 Å². The number of halogens is 1. The number of carbonyl (C=O) groups excluding carboxylic acids is 2. The van der Waals surface area contributed by atoms with E-state index in [1.807, 2.05) is 0 Å². The lowest BCUT2D eigenvalue weighted by molar-refractivity contribution is -0.117. The molecule has 0 fully saturated rings. The van der Waals surface area contributed by atoms with Gasteiger partial charge in [0.2, 0.25) is 11.7 Å². The summed E-state index contributed by atoms with van der Waals surface area (Å²) in [5, 5.41) is 11.7. The Bertz CT molecular complexity index is 756. The summed E-state index contributed by atoms with van der Waals surface area (Å²) in [6, 6.07) is 11.7. The predicted molar refractivity (Wildman–Crippen MR) is 84.9 cm³/mol. The van der Waals surface area contributed by atoms with E-state index in [0.717, 1.165) is 0 Å². The summed E-state index contributed by atoms with van der Waals surface area (Å²) in [6.45, 7) is 0. The third kappa shape index (κ3) is 3.48. The first-order chi connectivity index (χ1) is 10.5. The Morgan fingerprint density at radius 1 is 1.32 bits per heavy atom. The number of benzene rings is 1. The number of para-hydroxylation sites is 1. The maximum absolute atomic E-state index is 12.3. The van der Waals surface area contributed by atoms with Gasteiger partial charge in [0.25, 0.3) is 0 Å². The van der Waals surface area contributed by atoms with Crippen LogP contribution in [0.2, 0.25) is 0 Å². The van der Waals surface area contributed by atoms with Crippen molar-refractivity contribution in [1.82, 2.24) is 4.98 Å². The zero-order valence-corrected chi connectivity index (χ0v) is 12.9. The van der Waals surface area contributed by atoms with Crippen LogP contribution in [0, 0.1) is 17.2 Å². The van der Waals surface area contributed by atoms with Crippen LogP contribution in [0.3, 0.4) is 0 Å². The van der Waals surface area contributed by atoms with Crippen molar-refractivity contribution in [3.63, 3.8) is 0 Å². The van der Waals surface area contributed by atoms with E-state index in [1.165, 1.54) is 12.3 Å². The van der Waals surface area contributed by atoms with E-state index >= 15 is 0 Å². The second-order valence-corrected chi connectivity index (χ2v) is 5.29. The molecule has 0 aliphatic rings. The van der Waals surface area contributed by atoms with Gasteiger partial charge in [-0.3, -0.25) is 9.59 Å². The fourth-order valence-corrected chi connectivity index (χ4v) is 2.12. The van der Waals surface area contributed by atoms with E-state index in [1.54, 1.807) is 36.4 Å². The number of pyridine rings is 1. The van der Waals surface area contributed by atoms with Gasteiger partial charge in [0.05, 0.1) is 11.8 Å². The summed E-state index contributed by atoms with van der Waals surface area (Å²) in [5.74, 6) is -2.97. The molecule has 22 heavy (non-hydrogen) atoms. The lowest BCUT2D eigenvalue weighted by Crippen LogP contribution is -2.29. The van der Waals surface area contributed by atoms with Gasteiger partial charge in [-0.2, -0.15) is 5.26 Å². The molecule has 0 aliphatic carbocycles. The van der Waals surface area contributed by atoms with Crippen molar-refractivity contribution in [2.45, 2.75) is 0 Å². The highest BCUT2D eigenvalue weighted by molar-refractivity contribution is 9.10. The van der Waals surface area contributed by atoms with Gasteiger partial charge in [-0.05, 0) is 34.1 Å². The highest BCUT2D eigenvalue weighted by Gasteiger charge is 2.30. The average Bonchev–Trinajstić information content (AvgIpc) is 2.48. The van der Waals surface area contributed by atoms with Crippen LogP contribution in [-0.4, -0.2) is 16.7 Å². The minimum Gasteiger partial charge on any atom is -0.397 e. The largest absolute Gasteiger partial charge is 0.397 e. The van der Waals surface area contributed by atoms with Crippen molar-refractivity contribution in [3.05, 3.63) is 52.8 Å². The summed E-state index contributed by atoms with van der Waals surface area (Å²) < 4.78 is 0.601. The molecule has 1 aromatic carbocycles. The average molecular weight is 359 g/mol. The third-order valence-corrected chi connectivity index (χ3v) is 3.25. The van der Waals surface area contributed by atoms with Gasteiger partial charge in [0.1, 0.15) is 5.69 Å². The molecule has 6 nitrogen and oxygen atoms in total. The summed E-state index contributed by atoms with van der Waals surface area (Å²) in [4.78, 5) is 28.3. The molecule has 0 bridgehead atoms. The fourth-order valence-electron chi connectivity index (χ4n) is 1.77. The van der Waals surface area contributed by atoms with Crippen molar-refractivity contribution in [1.29, 1.82) is 5.26 Å². The van der Waals surface area contributed by atoms with Gasteiger partial charge < -0.3 is 11.1 Å². The van der Waals surface area contributed by atoms with E-state index < -0.39 is 17.6 Å². The Hall–Kier alpha value is -2.72. The van der Waals surface area contributed by atoms with Crippen LogP contribution < -0.4 is 11.1 Å². The summed E-state index contributed by atoms with van der Waals surface area (Å²) in [7, 11) is 0. The number of nitrogen functional groups attached to an aromatic ring is 1. The number of nitrogens with two attached hydrogens (primary N) is 1. The van der Waals surface area contributed by atoms with E-state index in [4.69, 9.17) is 11.0 Å². The van der Waals surface area contributed by atoms with E-state index in [9.17, 15) is 9.59 Å². The summed E-state index contributed by atoms with van der Waals surface area (Å²) >= 11 is 3.17. The van der Waals surface area contributed by atoms with Crippen LogP contribution in [0.5, 0.6) is 0 Å². The SMILES string of the molecule is N#CC(C(=O)Nc1ccccc1)C(=O)c1ncc(Br)cc1N. The first kappa shape index (κ1) is 15.7. The first-order valence-corrected chi connectivity index (χ1v) is 7.03. The Morgan fingerprint density at radius 2 is 2.00 bits per heavy atom. The van der Waals surface area contributed by atoms with Gasteiger partial charge >= 0.3 is 0 Å². The quantitative estimate of drug-likeness (QED) is 0.644. The number of Topliss-reactive ketones (excluding diaryl/α,β-unsaturated/α-hetero) is 1. The third-order valence-electron chi connectivity index (χ3n) is 2.81. The van der Waals surface area contributed by atoms with Crippen molar-refractivity contribution < 1.29 is 9.59 Å². The van der Waals surface area contributed by atoms with Crippen LogP contribution in [-0.2, 0) is 4.79 Å². The lowest BCUT2D eigenvalue weighted by Gasteiger charge is -2.10. The first-order valence-electron chi connectivity index (χ1n) is 6.23. The highest BCUT2D eigenvalue weighted by atomic mass is 79.9. The number of nitrogens with one attached hydrogen (secondary N) is 1. The van der Waals surface area contributed by atoms with Crippen LogP contribution >= 0.6 is 15.9 Å². The van der Waals surface area contributed by atoms with Crippen molar-refractivity contribution in [3.8, 4) is 6.07 Å². The van der Waals surface area contributed by atoms with E-state index in [2.05, 4.69) is 26.2 Å². The molecule has 7 heteroatoms. The topological polar surface area (TPSA) is 109 Å². The molecule has 0 radical (unpaired) electrons. The zero-order chi connectivity index (χ0) is 16.1. The number of hydrogen-bond donors (Lipinski definition) is 2. The molecule has 0 saturated heterocycles. The molecular weight excluding hydrogens is 348 g/mol. The number of carbonyl (C=O) groups is 2. The summed E-state index contributed by atoms with van der Waals surface area (Å²) in [6.07, 6.45) is 1.38. The standard InChI is InChI=1S/C15H11BrN4O2/c16-9-6-12(18)13(19-8-9)14(21)11(7-17)15(22)20-10-4-2-1-3-5-10/h1-6,8,11H,18H2,(H,20,22). The number of aromatic nitrogens is 1. The maximum atomic E-state index is 12.3. The van der Waals surface area contributed by atoms with Crippen LogP contribution in [0.1, 0.15) is 10.5 Å². The molecule has 1 aromatic heterocycles. The Morgan fingerprint density at radius 3 is 2.59 bits per heavy atom. The number of anilines is 2. The molecule has 1 heterocycles. The normalized spacial score (nSPS) is 11.3. The van der Waals surface area contributed by atoms with Crippen molar-refractivity contribution in [2.75, 3.05) is 11.1 Å². The Balaban J connectivity index is 2.22. The molecule has 3 N–H and O–H groups in total. The van der Waals surface area contributed by atoms with Crippen LogP contribution in [0.15, 0.2) is 47.1 Å². The fraction of sp³-hybridized carbons (Fsp3) is 0.0667. The van der Waals surface area contributed by atoms with Gasteiger partial charge in [-0.1, -0.05) is 18.2 Å². The number of nitrogens with zero attached hydrogens (tertiary/aromatic N) is 2. The molecule has 1 amide bonds. The van der Waals surface area contributed by atoms with Crippen LogP contribution in [0.4, 0.5) is 11.4 Å². The highest BCUT2D eigenvalue weighted by Crippen LogP contribution is 2.19. The number of amides is 1. The minimum atomic E-state index is -1.52. The molecule has 2 aromatic rings. The molecular formula is C15H11BrN4O2. The molecule has 0 saturated carbocycles. The Labute approximate surface area is 135 Å². The van der Waals surface area contributed by atoms with E-state index in [-0.39, 0.29) is 11.4 Å². The number of nitriles is 1.